The summed E-state index contributed by atoms with van der Waals surface area (Å²) in [5.74, 6) is -3.98. The second-order valence-corrected chi connectivity index (χ2v) is 23.3. The predicted octanol–water partition coefficient (Wildman–Crippen LogP) is 4.79. The van der Waals surface area contributed by atoms with Crippen LogP contribution in [0.15, 0.2) is 35.6 Å². The molecule has 4 aliphatic heterocycles. The van der Waals surface area contributed by atoms with Crippen molar-refractivity contribution >= 4 is 17.4 Å². The van der Waals surface area contributed by atoms with E-state index in [4.69, 9.17) is 52.2 Å². The predicted molar refractivity (Wildman–Crippen MR) is 293 cm³/mol. The van der Waals surface area contributed by atoms with E-state index >= 15 is 0 Å². The molecule has 0 amide bonds. The summed E-state index contributed by atoms with van der Waals surface area (Å²) < 4.78 is 78.6. The van der Waals surface area contributed by atoms with Crippen molar-refractivity contribution in [3.8, 4) is 0 Å². The summed E-state index contributed by atoms with van der Waals surface area (Å²) in [5, 5.41) is 61.1. The van der Waals surface area contributed by atoms with Crippen LogP contribution in [0.25, 0.3) is 0 Å². The first-order valence-electron chi connectivity index (χ1n) is 28.4. The molecule has 4 fully saturated rings. The number of benzene rings is 1. The lowest BCUT2D eigenvalue weighted by Gasteiger charge is -2.50. The number of nitrogens with zero attached hydrogens (tertiary/aromatic N) is 6. The summed E-state index contributed by atoms with van der Waals surface area (Å²) >= 11 is 0. The molecule has 1 aromatic carbocycles. The lowest BCUT2D eigenvalue weighted by Crippen LogP contribution is -2.61. The molecule has 4 aliphatic rings. The molecule has 2 aromatic rings. The fraction of sp³-hybridized carbons (Fsp3) is 0.825. The normalized spacial score (nSPS) is 38.5. The number of hydrogen-bond acceptors (Lipinski definition) is 21. The van der Waals surface area contributed by atoms with E-state index in [2.05, 4.69) is 20.4 Å². The van der Waals surface area contributed by atoms with Crippen LogP contribution in [0.5, 0.6) is 0 Å². The van der Waals surface area contributed by atoms with Gasteiger partial charge in [-0.2, -0.15) is 0 Å². The topological polar surface area (TPSA) is 249 Å². The number of likely N-dealkylation sites (N-methyl/N-ethyl adjacent to an activating group) is 1. The summed E-state index contributed by atoms with van der Waals surface area (Å²) in [4.78, 5) is 24.6. The third kappa shape index (κ3) is 15.0. The van der Waals surface area contributed by atoms with Crippen LogP contribution in [0.3, 0.4) is 0 Å². The molecule has 0 saturated carbocycles. The van der Waals surface area contributed by atoms with E-state index < -0.39 is 133 Å². The maximum absolute atomic E-state index is 15.0. The van der Waals surface area contributed by atoms with Gasteiger partial charge in [-0.05, 0) is 85.5 Å². The summed E-state index contributed by atoms with van der Waals surface area (Å²) in [6, 6.07) is 6.67. The lowest BCUT2D eigenvalue weighted by molar-refractivity contribution is -0.319. The van der Waals surface area contributed by atoms with Crippen molar-refractivity contribution in [2.24, 2.45) is 28.8 Å². The van der Waals surface area contributed by atoms with Gasteiger partial charge in [-0.15, -0.1) is 5.10 Å². The molecule has 23 heteroatoms. The maximum atomic E-state index is 15.0. The molecule has 80 heavy (non-hydrogen) atoms. The van der Waals surface area contributed by atoms with E-state index in [9.17, 15) is 29.6 Å². The number of carbonyl (C=O) groups excluding carboxylic acids is 1. The zero-order valence-electron chi connectivity index (χ0n) is 49.9. The van der Waals surface area contributed by atoms with Crippen molar-refractivity contribution < 1.29 is 81.8 Å². The van der Waals surface area contributed by atoms with Crippen molar-refractivity contribution in [1.29, 1.82) is 0 Å². The van der Waals surface area contributed by atoms with Crippen molar-refractivity contribution in [2.75, 3.05) is 86.7 Å². The van der Waals surface area contributed by atoms with E-state index in [-0.39, 0.29) is 26.1 Å². The molecule has 1 aromatic heterocycles. The Morgan fingerprint density at radius 3 is 2.20 bits per heavy atom. The highest BCUT2D eigenvalue weighted by Gasteiger charge is 2.54. The van der Waals surface area contributed by atoms with Crippen LogP contribution in [-0.4, -0.2) is 218 Å². The minimum Gasteiger partial charge on any atom is -0.459 e. The molecule has 0 radical (unpaired) electrons. The van der Waals surface area contributed by atoms with Crippen LogP contribution >= 0.6 is 0 Å². The number of alkyl halides is 1. The van der Waals surface area contributed by atoms with Gasteiger partial charge in [-0.1, -0.05) is 50.2 Å². The summed E-state index contributed by atoms with van der Waals surface area (Å²) in [6.45, 7) is 20.0. The quantitative estimate of drug-likeness (QED) is 0.0602. The second-order valence-electron chi connectivity index (χ2n) is 23.3. The van der Waals surface area contributed by atoms with Gasteiger partial charge < -0.3 is 82.4 Å². The largest absolute Gasteiger partial charge is 0.459 e. The highest BCUT2D eigenvalue weighted by molar-refractivity contribution is 5.88. The number of hydrogen-bond donors (Lipinski definition) is 4. The number of carbonyl (C=O) groups is 1. The Hall–Kier alpha value is -3.53. The Morgan fingerprint density at radius 2 is 1.59 bits per heavy atom. The fourth-order valence-corrected chi connectivity index (χ4v) is 12.4. The third-order valence-electron chi connectivity index (χ3n) is 17.5. The summed E-state index contributed by atoms with van der Waals surface area (Å²) in [6.07, 6.45) is -8.09. The van der Waals surface area contributed by atoms with Crippen molar-refractivity contribution in [3.05, 3.63) is 41.7 Å². The Labute approximate surface area is 472 Å². The Balaban J connectivity index is 1.30. The number of ether oxygens (including phenoxy) is 10. The molecule has 0 unspecified atom stereocenters. The number of morpholine rings is 1. The number of halogens is 1. The van der Waals surface area contributed by atoms with Gasteiger partial charge in [0.25, 0.3) is 0 Å². The van der Waals surface area contributed by atoms with Gasteiger partial charge in [0, 0.05) is 96.6 Å². The Morgan fingerprint density at radius 1 is 0.912 bits per heavy atom. The van der Waals surface area contributed by atoms with Crippen molar-refractivity contribution in [3.63, 3.8) is 0 Å². The first kappa shape index (κ1) is 65.6. The number of oxime groups is 1. The Kier molecular flexibility index (Phi) is 23.7. The number of rotatable bonds is 20. The van der Waals surface area contributed by atoms with Crippen molar-refractivity contribution in [2.45, 2.75) is 198 Å². The smallest absolute Gasteiger partial charge is 0.311 e. The fourth-order valence-electron chi connectivity index (χ4n) is 12.4. The average molecular weight is 1140 g/mol. The minimum absolute atomic E-state index is 0.0859. The van der Waals surface area contributed by atoms with E-state index in [1.54, 1.807) is 55.0 Å². The van der Waals surface area contributed by atoms with Gasteiger partial charge in [-0.3, -0.25) is 4.79 Å². The molecule has 0 aliphatic carbocycles. The van der Waals surface area contributed by atoms with Crippen molar-refractivity contribution in [1.82, 2.24) is 19.9 Å². The molecule has 5 heterocycles. The lowest BCUT2D eigenvalue weighted by atomic mass is 9.73. The van der Waals surface area contributed by atoms with Crippen LogP contribution in [0.4, 0.5) is 10.1 Å². The molecular formula is C57H95FN6O16. The number of aromatic nitrogens is 3. The van der Waals surface area contributed by atoms with Gasteiger partial charge in [0.15, 0.2) is 12.6 Å². The molecule has 0 bridgehead atoms. The van der Waals surface area contributed by atoms with E-state index in [1.165, 1.54) is 25.8 Å². The van der Waals surface area contributed by atoms with E-state index in [0.29, 0.717) is 44.0 Å². The molecule has 0 spiro atoms. The third-order valence-corrected chi connectivity index (χ3v) is 17.5. The first-order chi connectivity index (χ1) is 37.9. The molecule has 22 nitrogen and oxygen atoms in total. The maximum Gasteiger partial charge on any atom is 0.311 e. The zero-order valence-corrected chi connectivity index (χ0v) is 49.9. The number of esters is 1. The number of anilines is 1. The molecule has 4 N–H and O–H groups in total. The van der Waals surface area contributed by atoms with Gasteiger partial charge >= 0.3 is 5.97 Å². The van der Waals surface area contributed by atoms with Gasteiger partial charge in [0.2, 0.25) is 6.79 Å². The number of methoxy groups -OCH3 is 4. The molecule has 20 atom stereocenters. The minimum atomic E-state index is -1.97. The Bertz CT molecular complexity index is 2240. The van der Waals surface area contributed by atoms with E-state index in [1.807, 2.05) is 63.9 Å². The van der Waals surface area contributed by atoms with Gasteiger partial charge in [-0.25, -0.2) is 9.07 Å². The summed E-state index contributed by atoms with van der Waals surface area (Å²) in [5.41, 5.74) is -1.51. The van der Waals surface area contributed by atoms with Gasteiger partial charge in [0.1, 0.15) is 42.7 Å². The van der Waals surface area contributed by atoms with Crippen LogP contribution in [0.2, 0.25) is 0 Å². The SMILES string of the molecule is CC[C@H]1OC(=O)[C@H](C)[C@@H](O[C@H]2C[C@@](C)(OC)[C@@H](O)[C@H](C)O2)[C@H](C)[C@@H](O[C@@H]2O[C@H](C)C[C@H](N(C)CCc3cn([C@H](CF)[C@H](OC)c4ccc(N5CCOCC5)cc4)nn3)[C@H]2O)[C@](C)(OC)C[C@@H](C)/C(=N\OCOC)[C@H](C)[C@@H](O)[C@]1(C)O. The standard InChI is InChI=1S/C57H95FN6O16/c1-16-44-57(10,69)50(66)35(4)46(60-75-32-70-12)33(2)28-56(9,73-15)52(36(5)48(37(6)53(68)78-44)79-45-29-55(8,72-14)51(67)38(7)77-45)80-54-47(65)42(27-34(3)76-54)62(11)22-21-40-31-64(61-59-40)43(30-58)49(71-13)39-17-19-41(20-18-39)63-23-25-74-26-24-63/h17-20,31,33-38,42-45,47-52,54,65-67,69H,16,21-30,32H2,1-15H3/b60-46+/t33-,34-,35+,36+,37-,38+,42+,43-,44-,45+,47-,48+,49-,50-,51+,52-,54+,55-,56-,57-/m1/s1. The highest BCUT2D eigenvalue weighted by atomic mass is 19.1. The number of aliphatic hydroxyl groups is 4. The number of aliphatic hydroxyl groups excluding tert-OH is 3. The van der Waals surface area contributed by atoms with Crippen LogP contribution in [0.1, 0.15) is 118 Å². The second kappa shape index (κ2) is 28.8. The molecular weight excluding hydrogens is 1040 g/mol. The van der Waals surface area contributed by atoms with Crippen LogP contribution in [0, 0.1) is 23.7 Å². The molecule has 4 saturated heterocycles. The summed E-state index contributed by atoms with van der Waals surface area (Å²) in [7, 11) is 7.96. The van der Waals surface area contributed by atoms with Gasteiger partial charge in [0.05, 0.1) is 72.3 Å². The van der Waals surface area contributed by atoms with E-state index in [0.717, 1.165) is 24.3 Å². The highest BCUT2D eigenvalue weighted by Crippen LogP contribution is 2.42. The monoisotopic (exact) mass is 1140 g/mol. The molecule has 456 valence electrons. The average Bonchev–Trinajstić information content (AvgIpc) is 4.01. The van der Waals surface area contributed by atoms with Crippen LogP contribution in [-0.2, 0) is 63.4 Å². The zero-order chi connectivity index (χ0) is 58.9. The first-order valence-corrected chi connectivity index (χ1v) is 28.4. The number of cyclic esters (lactones) is 1. The van der Waals surface area contributed by atoms with Crippen LogP contribution < -0.4 is 4.90 Å². The molecule has 6 rings (SSSR count).